The Kier molecular flexibility index (Phi) is 7.89. The van der Waals surface area contributed by atoms with Crippen LogP contribution in [0.5, 0.6) is 0 Å². The molecule has 1 aliphatic heterocycles. The van der Waals surface area contributed by atoms with Crippen LogP contribution in [0.4, 0.5) is 0 Å². The van der Waals surface area contributed by atoms with E-state index in [1.54, 1.807) is 18.5 Å². The Morgan fingerprint density at radius 1 is 1.27 bits per heavy atom. The van der Waals surface area contributed by atoms with Gasteiger partial charge in [0.25, 0.3) is 0 Å². The van der Waals surface area contributed by atoms with Crippen molar-refractivity contribution in [3.63, 3.8) is 0 Å². The molecule has 1 aliphatic carbocycles. The number of hydrogen-bond acceptors (Lipinski definition) is 6. The summed E-state index contributed by atoms with van der Waals surface area (Å²) >= 11 is -0.817. The summed E-state index contributed by atoms with van der Waals surface area (Å²) in [5.41, 5.74) is 4.59. The molecule has 37 heavy (non-hydrogen) atoms. The number of aliphatic hydroxyl groups excluding tert-OH is 1. The summed E-state index contributed by atoms with van der Waals surface area (Å²) in [5.74, 6) is 0.581. The summed E-state index contributed by atoms with van der Waals surface area (Å²) in [6.07, 6.45) is 6.36. The van der Waals surface area contributed by atoms with E-state index in [1.165, 1.54) is 0 Å². The zero-order valence-electron chi connectivity index (χ0n) is 21.8. The third-order valence-electron chi connectivity index (χ3n) is 7.44. The van der Waals surface area contributed by atoms with Crippen LogP contribution in [0.25, 0.3) is 22.4 Å². The van der Waals surface area contributed by atoms with Crippen molar-refractivity contribution in [2.75, 3.05) is 6.61 Å². The van der Waals surface area contributed by atoms with Crippen molar-refractivity contribution < 1.29 is 19.4 Å². The van der Waals surface area contributed by atoms with Gasteiger partial charge in [0.2, 0.25) is 0 Å². The summed E-state index contributed by atoms with van der Waals surface area (Å²) < 4.78 is 14.9. The molecule has 0 amide bonds. The number of aromatic nitrogens is 3. The second-order valence-corrected chi connectivity index (χ2v) is 13.3. The average molecular weight is 570 g/mol. The van der Waals surface area contributed by atoms with Crippen LogP contribution in [0.1, 0.15) is 50.2 Å². The topological polar surface area (TPSA) is 95.6 Å². The van der Waals surface area contributed by atoms with Gasteiger partial charge >= 0.3 is 224 Å². The Morgan fingerprint density at radius 2 is 2.08 bits per heavy atom. The number of aryl methyl sites for hydroxylation is 2. The Hall–Kier alpha value is -2.41. The van der Waals surface area contributed by atoms with E-state index in [0.717, 1.165) is 71.9 Å². The fourth-order valence-corrected chi connectivity index (χ4v) is 7.71. The summed E-state index contributed by atoms with van der Waals surface area (Å²) in [6, 6.07) is 8.20. The number of hydrogen-bond donors (Lipinski definition) is 1. The summed E-state index contributed by atoms with van der Waals surface area (Å²) in [7, 11) is 1.77. The molecule has 4 atom stereocenters. The van der Waals surface area contributed by atoms with Crippen molar-refractivity contribution in [2.24, 2.45) is 7.05 Å². The normalized spacial score (nSPS) is 19.9. The SMILES string of the molecule is Cc1cc(-c2nc3cc(C[AsH][C@H](C(=O)OC4CCC4)[C@@H](C)O)ccc3n2CC2CCCO2)cn(C)c1=O. The van der Waals surface area contributed by atoms with Gasteiger partial charge in [-0.1, -0.05) is 0 Å². The van der Waals surface area contributed by atoms with Crippen LogP contribution in [0, 0.1) is 6.92 Å². The number of carbonyl (C=O) groups excluding carboxylic acids is 1. The van der Waals surface area contributed by atoms with Crippen LogP contribution < -0.4 is 5.56 Å². The fourth-order valence-electron chi connectivity index (χ4n) is 5.09. The first-order chi connectivity index (χ1) is 17.8. The predicted molar refractivity (Wildman–Crippen MR) is 144 cm³/mol. The molecule has 2 aromatic heterocycles. The first kappa shape index (κ1) is 26.2. The van der Waals surface area contributed by atoms with E-state index in [4.69, 9.17) is 14.5 Å². The summed E-state index contributed by atoms with van der Waals surface area (Å²) in [5, 5.41) is 11.0. The molecular formula is C28H36AsN3O5. The molecule has 1 saturated carbocycles. The fraction of sp³-hybridized carbons (Fsp3) is 0.536. The van der Waals surface area contributed by atoms with Crippen molar-refractivity contribution in [1.29, 1.82) is 0 Å². The van der Waals surface area contributed by atoms with Crippen LogP contribution in [0.15, 0.2) is 35.3 Å². The van der Waals surface area contributed by atoms with Gasteiger partial charge in [-0.2, -0.15) is 0 Å². The molecule has 1 N–H and O–H groups in total. The van der Waals surface area contributed by atoms with Crippen LogP contribution in [0.2, 0.25) is 4.71 Å². The molecular weight excluding hydrogens is 533 g/mol. The van der Waals surface area contributed by atoms with E-state index in [2.05, 4.69) is 22.8 Å². The van der Waals surface area contributed by atoms with Crippen LogP contribution in [-0.2, 0) is 33.1 Å². The molecule has 8 nitrogen and oxygen atoms in total. The van der Waals surface area contributed by atoms with Crippen molar-refractivity contribution in [1.82, 2.24) is 14.1 Å². The van der Waals surface area contributed by atoms with Gasteiger partial charge in [-0.05, 0) is 0 Å². The minimum absolute atomic E-state index is 0.0132. The Bertz CT molecular complexity index is 1310. The Labute approximate surface area is 223 Å². The molecule has 1 aromatic carbocycles. The number of carbonyl (C=O) groups is 1. The van der Waals surface area contributed by atoms with Gasteiger partial charge in [0.05, 0.1) is 0 Å². The van der Waals surface area contributed by atoms with Gasteiger partial charge in [0.15, 0.2) is 0 Å². The maximum absolute atomic E-state index is 12.7. The average Bonchev–Trinajstić information content (AvgIpc) is 3.47. The number of nitrogens with zero attached hydrogens (tertiary/aromatic N) is 3. The van der Waals surface area contributed by atoms with E-state index in [9.17, 15) is 14.7 Å². The molecule has 0 bridgehead atoms. The van der Waals surface area contributed by atoms with Crippen molar-refractivity contribution in [3.8, 4) is 11.4 Å². The second-order valence-electron chi connectivity index (χ2n) is 10.4. The second kappa shape index (κ2) is 11.1. The maximum atomic E-state index is 12.7. The molecule has 9 heteroatoms. The summed E-state index contributed by atoms with van der Waals surface area (Å²) in [4.78, 5) is 30.0. The van der Waals surface area contributed by atoms with E-state index >= 15 is 0 Å². The molecule has 5 rings (SSSR count). The number of pyridine rings is 1. The van der Waals surface area contributed by atoms with E-state index in [-0.39, 0.29) is 23.7 Å². The van der Waals surface area contributed by atoms with Crippen LogP contribution >= 0.6 is 0 Å². The Balaban J connectivity index is 1.43. The van der Waals surface area contributed by atoms with E-state index in [1.807, 2.05) is 19.2 Å². The molecule has 198 valence electrons. The first-order valence-corrected chi connectivity index (χ1v) is 15.9. The van der Waals surface area contributed by atoms with Gasteiger partial charge in [0, 0.05) is 0 Å². The van der Waals surface area contributed by atoms with Crippen molar-refractivity contribution in [2.45, 2.75) is 80.7 Å². The first-order valence-electron chi connectivity index (χ1n) is 13.2. The monoisotopic (exact) mass is 569 g/mol. The van der Waals surface area contributed by atoms with Crippen molar-refractivity contribution in [3.05, 3.63) is 51.9 Å². The number of benzene rings is 1. The van der Waals surface area contributed by atoms with E-state index in [0.29, 0.717) is 12.1 Å². The van der Waals surface area contributed by atoms with Gasteiger partial charge in [-0.15, -0.1) is 0 Å². The zero-order chi connectivity index (χ0) is 26.1. The molecule has 2 unspecified atom stereocenters. The number of ether oxygens (including phenoxy) is 2. The third kappa shape index (κ3) is 5.71. The molecule has 2 aliphatic rings. The molecule has 2 fully saturated rings. The standard InChI is InChI=1S/C28H36AsN3O5/c1-17-12-20(15-31(3)27(17)34)26-30-23-13-19(9-10-24(23)32(26)16-22-8-5-11-36-22)14-29-25(18(2)33)28(35)37-21-6-4-7-21/h9-10,12-13,15,18,21-22,25,29,33H,4-8,11,14,16H2,1-3H3/t18-,22?,25+/m1/s1. The summed E-state index contributed by atoms with van der Waals surface area (Å²) in [6.45, 7) is 5.01. The Morgan fingerprint density at radius 3 is 2.73 bits per heavy atom. The van der Waals surface area contributed by atoms with Gasteiger partial charge < -0.3 is 0 Å². The quantitative estimate of drug-likeness (QED) is 0.315. The minimum atomic E-state index is -0.817. The number of esters is 1. The molecule has 0 radical (unpaired) electrons. The van der Waals surface area contributed by atoms with Gasteiger partial charge in [-0.25, -0.2) is 0 Å². The number of rotatable bonds is 9. The molecule has 0 spiro atoms. The number of imidazole rings is 1. The number of aliphatic hydroxyl groups is 1. The van der Waals surface area contributed by atoms with Gasteiger partial charge in [0.1, 0.15) is 0 Å². The molecule has 3 heterocycles. The van der Waals surface area contributed by atoms with E-state index < -0.39 is 26.6 Å². The van der Waals surface area contributed by atoms with Crippen molar-refractivity contribution >= 4 is 32.8 Å². The molecule has 1 saturated heterocycles. The van der Waals surface area contributed by atoms with Crippen LogP contribution in [-0.4, -0.2) is 65.9 Å². The number of fused-ring (bicyclic) bond motifs is 1. The van der Waals surface area contributed by atoms with Gasteiger partial charge in [-0.3, -0.25) is 0 Å². The third-order valence-corrected chi connectivity index (χ3v) is 11.2. The molecule has 3 aromatic rings. The van der Waals surface area contributed by atoms with Crippen LogP contribution in [0.3, 0.4) is 0 Å². The predicted octanol–water partition coefficient (Wildman–Crippen LogP) is 3.09. The zero-order valence-corrected chi connectivity index (χ0v) is 23.9.